The molecule has 0 aromatic carbocycles. The van der Waals surface area contributed by atoms with Gasteiger partial charge in [-0.15, -0.1) is 23.2 Å². The minimum atomic E-state index is -0.355. The average Bonchev–Trinajstić information content (AvgIpc) is 2.14. The van der Waals surface area contributed by atoms with E-state index in [1.54, 1.807) is 12.4 Å². The normalized spacial score (nSPS) is 10.7. The van der Waals surface area contributed by atoms with E-state index in [0.29, 0.717) is 19.6 Å². The molecule has 0 bridgehead atoms. The molecule has 3 nitrogen and oxygen atoms in total. The van der Waals surface area contributed by atoms with E-state index in [4.69, 9.17) is 27.9 Å². The predicted octanol–water partition coefficient (Wildman–Crippen LogP) is 2.19. The molecule has 0 unspecified atom stereocenters. The second kappa shape index (κ2) is 6.13. The molecule has 13 heavy (non-hydrogen) atoms. The smallest absolute Gasteiger partial charge is 0.115 e. The van der Waals surface area contributed by atoms with Gasteiger partial charge < -0.3 is 4.74 Å². The van der Waals surface area contributed by atoms with Crippen molar-refractivity contribution in [2.45, 2.75) is 17.9 Å². The molecule has 5 heteroatoms. The van der Waals surface area contributed by atoms with Crippen LogP contribution in [0, 0.1) is 0 Å². The van der Waals surface area contributed by atoms with Crippen molar-refractivity contribution in [3.63, 3.8) is 0 Å². The summed E-state index contributed by atoms with van der Waals surface area (Å²) < 4.78 is 5.28. The largest absolute Gasteiger partial charge is 0.377 e. The van der Waals surface area contributed by atoms with Gasteiger partial charge in [0, 0.05) is 31.0 Å². The quantitative estimate of drug-likeness (QED) is 0.564. The van der Waals surface area contributed by atoms with Crippen LogP contribution in [0.2, 0.25) is 0 Å². The van der Waals surface area contributed by atoms with E-state index in [1.807, 2.05) is 0 Å². The van der Waals surface area contributed by atoms with Gasteiger partial charge in [-0.3, -0.25) is 0 Å². The van der Waals surface area contributed by atoms with Crippen LogP contribution < -0.4 is 0 Å². The summed E-state index contributed by atoms with van der Waals surface area (Å²) in [4.78, 5) is 7.36. The highest BCUT2D eigenvalue weighted by atomic mass is 35.5. The maximum absolute atomic E-state index is 5.52. The molecule has 1 aromatic heterocycles. The summed E-state index contributed by atoms with van der Waals surface area (Å²) in [6.07, 6.45) is 5.55. The molecule has 1 rings (SSSR count). The van der Waals surface area contributed by atoms with Crippen LogP contribution in [0.1, 0.15) is 12.0 Å². The highest BCUT2D eigenvalue weighted by Gasteiger charge is 1.98. The van der Waals surface area contributed by atoms with Crippen molar-refractivity contribution in [3.05, 3.63) is 24.3 Å². The van der Waals surface area contributed by atoms with Gasteiger partial charge in [0.25, 0.3) is 0 Å². The molecule has 0 saturated heterocycles. The van der Waals surface area contributed by atoms with Crippen molar-refractivity contribution in [2.24, 2.45) is 0 Å². The number of rotatable bonds is 5. The first-order valence-corrected chi connectivity index (χ1v) is 4.76. The van der Waals surface area contributed by atoms with Gasteiger partial charge in [-0.1, -0.05) is 0 Å². The first-order chi connectivity index (χ1) is 6.29. The van der Waals surface area contributed by atoms with Crippen LogP contribution in [-0.4, -0.2) is 21.4 Å². The number of ether oxygens (including phenoxy) is 1. The Morgan fingerprint density at radius 2 is 2.00 bits per heavy atom. The predicted molar refractivity (Wildman–Crippen MR) is 51.8 cm³/mol. The number of halogens is 2. The first-order valence-electron chi connectivity index (χ1n) is 3.89. The zero-order valence-corrected chi connectivity index (χ0v) is 8.50. The summed E-state index contributed by atoms with van der Waals surface area (Å²) >= 11 is 11.0. The van der Waals surface area contributed by atoms with Gasteiger partial charge in [-0.25, -0.2) is 9.97 Å². The fourth-order valence-corrected chi connectivity index (χ4v) is 0.945. The van der Waals surface area contributed by atoms with Crippen molar-refractivity contribution in [2.75, 3.05) is 6.61 Å². The van der Waals surface area contributed by atoms with E-state index < -0.39 is 0 Å². The fraction of sp³-hybridized carbons (Fsp3) is 0.500. The minimum absolute atomic E-state index is 0.355. The van der Waals surface area contributed by atoms with Gasteiger partial charge in [-0.2, -0.15) is 0 Å². The Hall–Kier alpha value is -0.380. The molecule has 1 heterocycles. The summed E-state index contributed by atoms with van der Waals surface area (Å²) in [5.41, 5.74) is 0.947. The van der Waals surface area contributed by atoms with Crippen LogP contribution in [0.5, 0.6) is 0 Å². The molecule has 0 atom stereocenters. The second-order valence-corrected chi connectivity index (χ2v) is 3.76. The summed E-state index contributed by atoms with van der Waals surface area (Å²) in [7, 11) is 0. The molecule has 0 aliphatic rings. The maximum atomic E-state index is 5.52. The standard InChI is InChI=1S/C8H10Cl2N2O/c9-8(10)1-2-13-5-7-3-11-6-12-4-7/h3-4,6,8H,1-2,5H2. The number of nitrogens with zero attached hydrogens (tertiary/aromatic N) is 2. The molecule has 0 amide bonds. The average molecular weight is 221 g/mol. The van der Waals surface area contributed by atoms with Crippen molar-refractivity contribution in [3.8, 4) is 0 Å². The fourth-order valence-electron chi connectivity index (χ4n) is 0.767. The molecule has 0 saturated carbocycles. The van der Waals surface area contributed by atoms with Crippen molar-refractivity contribution < 1.29 is 4.74 Å². The van der Waals surface area contributed by atoms with E-state index in [1.165, 1.54) is 6.33 Å². The first kappa shape index (κ1) is 10.7. The van der Waals surface area contributed by atoms with Crippen LogP contribution in [-0.2, 0) is 11.3 Å². The maximum Gasteiger partial charge on any atom is 0.115 e. The van der Waals surface area contributed by atoms with Gasteiger partial charge in [0.2, 0.25) is 0 Å². The van der Waals surface area contributed by atoms with Gasteiger partial charge in [-0.05, 0) is 0 Å². The molecule has 0 fully saturated rings. The number of alkyl halides is 2. The topological polar surface area (TPSA) is 35.0 Å². The van der Waals surface area contributed by atoms with Crippen molar-refractivity contribution in [1.29, 1.82) is 0 Å². The van der Waals surface area contributed by atoms with Gasteiger partial charge in [0.1, 0.15) is 11.2 Å². The van der Waals surface area contributed by atoms with Crippen LogP contribution in [0.3, 0.4) is 0 Å². The third kappa shape index (κ3) is 5.03. The third-order valence-electron chi connectivity index (χ3n) is 1.36. The Bertz CT molecular complexity index is 231. The molecule has 0 aliphatic heterocycles. The van der Waals surface area contributed by atoms with Crippen molar-refractivity contribution in [1.82, 2.24) is 9.97 Å². The Kier molecular flexibility index (Phi) is 5.05. The van der Waals surface area contributed by atoms with Crippen molar-refractivity contribution >= 4 is 23.2 Å². The summed E-state index contributed by atoms with van der Waals surface area (Å²) in [5.74, 6) is 0. The molecule has 1 aromatic rings. The molecule has 0 aliphatic carbocycles. The van der Waals surface area contributed by atoms with Gasteiger partial charge in [0.15, 0.2) is 0 Å². The Labute approximate surface area is 87.1 Å². The third-order valence-corrected chi connectivity index (χ3v) is 1.80. The number of hydrogen-bond donors (Lipinski definition) is 0. The number of aromatic nitrogens is 2. The van der Waals surface area contributed by atoms with Crippen LogP contribution in [0.25, 0.3) is 0 Å². The zero-order chi connectivity index (χ0) is 9.52. The monoisotopic (exact) mass is 220 g/mol. The Balaban J connectivity index is 2.13. The lowest BCUT2D eigenvalue weighted by Crippen LogP contribution is -1.99. The Morgan fingerprint density at radius 3 is 2.62 bits per heavy atom. The van der Waals surface area contributed by atoms with Crippen LogP contribution in [0.4, 0.5) is 0 Å². The second-order valence-electron chi connectivity index (χ2n) is 2.48. The summed E-state index contributed by atoms with van der Waals surface area (Å²) in [5, 5.41) is 0. The van der Waals surface area contributed by atoms with E-state index in [-0.39, 0.29) is 4.84 Å². The molecular weight excluding hydrogens is 211 g/mol. The van der Waals surface area contributed by atoms with Gasteiger partial charge >= 0.3 is 0 Å². The number of hydrogen-bond acceptors (Lipinski definition) is 3. The molecule has 0 spiro atoms. The van der Waals surface area contributed by atoms with E-state index in [9.17, 15) is 0 Å². The summed E-state index contributed by atoms with van der Waals surface area (Å²) in [6.45, 7) is 1.05. The SMILES string of the molecule is ClC(Cl)CCOCc1cncnc1. The zero-order valence-electron chi connectivity index (χ0n) is 6.99. The Morgan fingerprint density at radius 1 is 1.31 bits per heavy atom. The van der Waals surface area contributed by atoms with Crippen LogP contribution >= 0.6 is 23.2 Å². The highest BCUT2D eigenvalue weighted by Crippen LogP contribution is 2.07. The summed E-state index contributed by atoms with van der Waals surface area (Å²) in [6, 6.07) is 0. The molecule has 0 radical (unpaired) electrons. The van der Waals surface area contributed by atoms with E-state index >= 15 is 0 Å². The van der Waals surface area contributed by atoms with E-state index in [2.05, 4.69) is 9.97 Å². The van der Waals surface area contributed by atoms with Crippen LogP contribution in [0.15, 0.2) is 18.7 Å². The molecule has 0 N–H and O–H groups in total. The van der Waals surface area contributed by atoms with Gasteiger partial charge in [0.05, 0.1) is 6.61 Å². The van der Waals surface area contributed by atoms with E-state index in [0.717, 1.165) is 5.56 Å². The lowest BCUT2D eigenvalue weighted by molar-refractivity contribution is 0.120. The molecule has 72 valence electrons. The highest BCUT2D eigenvalue weighted by molar-refractivity contribution is 6.44. The molecular formula is C8H10Cl2N2O. The lowest BCUT2D eigenvalue weighted by Gasteiger charge is -2.03. The lowest BCUT2D eigenvalue weighted by atomic mass is 10.4. The minimum Gasteiger partial charge on any atom is -0.377 e.